The minimum atomic E-state index is -0.593. The third kappa shape index (κ3) is 3.30. The van der Waals surface area contributed by atoms with E-state index >= 15 is 0 Å². The van der Waals surface area contributed by atoms with E-state index in [0.717, 1.165) is 12.8 Å². The SMILES string of the molecule is CC(NC(=O)c1cccc(NN)c1[N+](=O)[O-])C1CCCC1. The molecule has 4 N–H and O–H groups in total. The third-order valence-corrected chi connectivity index (χ3v) is 4.08. The highest BCUT2D eigenvalue weighted by molar-refractivity contribution is 6.00. The third-order valence-electron chi connectivity index (χ3n) is 4.08. The Morgan fingerprint density at radius 3 is 2.67 bits per heavy atom. The molecule has 0 heterocycles. The number of carbonyl (C=O) groups excluding carboxylic acids is 1. The van der Waals surface area contributed by atoms with Gasteiger partial charge >= 0.3 is 5.69 Å². The quantitative estimate of drug-likeness (QED) is 0.437. The largest absolute Gasteiger partial charge is 0.349 e. The van der Waals surface area contributed by atoms with E-state index in [2.05, 4.69) is 10.7 Å². The standard InChI is InChI=1S/C14H20N4O3/c1-9(10-5-2-3-6-10)16-14(19)11-7-4-8-12(17-15)13(11)18(20)21/h4,7-10,17H,2-3,5-6,15H2,1H3,(H,16,19). The minimum Gasteiger partial charge on any atom is -0.349 e. The highest BCUT2D eigenvalue weighted by atomic mass is 16.6. The van der Waals surface area contributed by atoms with E-state index in [9.17, 15) is 14.9 Å². The summed E-state index contributed by atoms with van der Waals surface area (Å²) in [6, 6.07) is 4.48. The number of nitro benzene ring substituents is 1. The number of nitrogens with one attached hydrogen (secondary N) is 2. The Bertz CT molecular complexity index is 541. The number of nitrogens with zero attached hydrogens (tertiary/aromatic N) is 1. The summed E-state index contributed by atoms with van der Waals surface area (Å²) in [5.74, 6) is 5.29. The van der Waals surface area contributed by atoms with Crippen LogP contribution in [0.15, 0.2) is 18.2 Å². The van der Waals surface area contributed by atoms with Crippen molar-refractivity contribution in [1.82, 2.24) is 5.32 Å². The van der Waals surface area contributed by atoms with Crippen molar-refractivity contribution >= 4 is 17.3 Å². The Morgan fingerprint density at radius 1 is 1.43 bits per heavy atom. The lowest BCUT2D eigenvalue weighted by Crippen LogP contribution is -2.37. The first-order chi connectivity index (χ1) is 10.0. The number of nitrogens with two attached hydrogens (primary N) is 1. The predicted molar refractivity (Wildman–Crippen MR) is 79.8 cm³/mol. The molecule has 0 saturated heterocycles. The number of nitrogen functional groups attached to an aromatic ring is 1. The fraction of sp³-hybridized carbons (Fsp3) is 0.500. The Labute approximate surface area is 123 Å². The summed E-state index contributed by atoms with van der Waals surface area (Å²) in [6.45, 7) is 1.95. The van der Waals surface area contributed by atoms with Crippen LogP contribution in [0, 0.1) is 16.0 Å². The summed E-state index contributed by atoms with van der Waals surface area (Å²) in [5.41, 5.74) is 2.12. The van der Waals surface area contributed by atoms with Crippen LogP contribution in [0.1, 0.15) is 43.0 Å². The van der Waals surface area contributed by atoms with Crippen molar-refractivity contribution in [2.75, 3.05) is 5.43 Å². The van der Waals surface area contributed by atoms with Gasteiger partial charge in [0.05, 0.1) is 4.92 Å². The fourth-order valence-electron chi connectivity index (χ4n) is 2.90. The summed E-state index contributed by atoms with van der Waals surface area (Å²) in [6.07, 6.45) is 4.54. The molecule has 1 aromatic carbocycles. The molecule has 1 amide bonds. The van der Waals surface area contributed by atoms with Crippen LogP contribution in [0.25, 0.3) is 0 Å². The number of anilines is 1. The van der Waals surface area contributed by atoms with Gasteiger partial charge in [-0.3, -0.25) is 20.8 Å². The van der Waals surface area contributed by atoms with Crippen molar-refractivity contribution < 1.29 is 9.72 Å². The van der Waals surface area contributed by atoms with E-state index in [1.807, 2.05) is 6.92 Å². The van der Waals surface area contributed by atoms with Crippen LogP contribution in [0.3, 0.4) is 0 Å². The molecule has 0 aromatic heterocycles. The van der Waals surface area contributed by atoms with Gasteiger partial charge in [0.25, 0.3) is 5.91 Å². The molecule has 1 unspecified atom stereocenters. The van der Waals surface area contributed by atoms with Crippen LogP contribution in [-0.2, 0) is 0 Å². The summed E-state index contributed by atoms with van der Waals surface area (Å²) >= 11 is 0. The zero-order chi connectivity index (χ0) is 15.4. The van der Waals surface area contributed by atoms with Crippen molar-refractivity contribution in [3.05, 3.63) is 33.9 Å². The maximum absolute atomic E-state index is 12.3. The predicted octanol–water partition coefficient (Wildman–Crippen LogP) is 2.19. The second-order valence-electron chi connectivity index (χ2n) is 5.41. The topological polar surface area (TPSA) is 110 Å². The molecule has 114 valence electrons. The zero-order valence-corrected chi connectivity index (χ0v) is 12.0. The molecule has 7 heteroatoms. The molecule has 7 nitrogen and oxygen atoms in total. The van der Waals surface area contributed by atoms with Gasteiger partial charge in [0.15, 0.2) is 0 Å². The lowest BCUT2D eigenvalue weighted by Gasteiger charge is -2.20. The van der Waals surface area contributed by atoms with E-state index in [-0.39, 0.29) is 23.0 Å². The first kappa shape index (κ1) is 15.2. The first-order valence-corrected chi connectivity index (χ1v) is 7.09. The maximum Gasteiger partial charge on any atom is 0.306 e. The molecule has 1 aliphatic carbocycles. The summed E-state index contributed by atoms with van der Waals surface area (Å²) < 4.78 is 0. The van der Waals surface area contributed by atoms with Crippen LogP contribution in [0.5, 0.6) is 0 Å². The molecule has 0 radical (unpaired) electrons. The number of hydrogen-bond acceptors (Lipinski definition) is 5. The number of para-hydroxylation sites is 1. The normalized spacial score (nSPS) is 16.5. The first-order valence-electron chi connectivity index (χ1n) is 7.09. The molecule has 0 spiro atoms. The Kier molecular flexibility index (Phi) is 4.74. The van der Waals surface area contributed by atoms with E-state index in [4.69, 9.17) is 5.84 Å². The number of carbonyl (C=O) groups is 1. The van der Waals surface area contributed by atoms with Crippen LogP contribution >= 0.6 is 0 Å². The van der Waals surface area contributed by atoms with E-state index in [1.165, 1.54) is 25.0 Å². The molecular formula is C14H20N4O3. The van der Waals surface area contributed by atoms with E-state index in [1.54, 1.807) is 6.07 Å². The van der Waals surface area contributed by atoms with Crippen LogP contribution in [0.4, 0.5) is 11.4 Å². The van der Waals surface area contributed by atoms with Gasteiger partial charge in [-0.05, 0) is 37.8 Å². The van der Waals surface area contributed by atoms with Gasteiger partial charge in [-0.15, -0.1) is 0 Å². The Morgan fingerprint density at radius 2 is 2.10 bits per heavy atom. The number of benzene rings is 1. The lowest BCUT2D eigenvalue weighted by molar-refractivity contribution is -0.384. The lowest BCUT2D eigenvalue weighted by atomic mass is 9.99. The highest BCUT2D eigenvalue weighted by Gasteiger charge is 2.27. The van der Waals surface area contributed by atoms with E-state index < -0.39 is 10.8 Å². The van der Waals surface area contributed by atoms with Crippen molar-refractivity contribution in [2.45, 2.75) is 38.6 Å². The zero-order valence-electron chi connectivity index (χ0n) is 12.0. The molecule has 2 rings (SSSR count). The number of amides is 1. The molecule has 1 saturated carbocycles. The average molecular weight is 292 g/mol. The molecule has 1 aromatic rings. The van der Waals surface area contributed by atoms with Gasteiger partial charge in [0.1, 0.15) is 11.3 Å². The molecule has 1 fully saturated rings. The van der Waals surface area contributed by atoms with Crippen molar-refractivity contribution in [3.63, 3.8) is 0 Å². The average Bonchev–Trinajstić information content (AvgIpc) is 3.00. The van der Waals surface area contributed by atoms with Crippen LogP contribution in [-0.4, -0.2) is 16.9 Å². The summed E-state index contributed by atoms with van der Waals surface area (Å²) in [7, 11) is 0. The van der Waals surface area contributed by atoms with Crippen molar-refractivity contribution in [3.8, 4) is 0 Å². The summed E-state index contributed by atoms with van der Waals surface area (Å²) in [5, 5.41) is 14.1. The fourth-order valence-corrected chi connectivity index (χ4v) is 2.90. The maximum atomic E-state index is 12.3. The van der Waals surface area contributed by atoms with Gasteiger partial charge in [0.2, 0.25) is 0 Å². The second-order valence-corrected chi connectivity index (χ2v) is 5.41. The van der Waals surface area contributed by atoms with Crippen LogP contribution < -0.4 is 16.6 Å². The molecular weight excluding hydrogens is 272 g/mol. The number of nitro groups is 1. The smallest absolute Gasteiger partial charge is 0.306 e. The molecule has 21 heavy (non-hydrogen) atoms. The van der Waals surface area contributed by atoms with Gasteiger partial charge in [0, 0.05) is 6.04 Å². The molecule has 1 aliphatic rings. The van der Waals surface area contributed by atoms with Crippen LogP contribution in [0.2, 0.25) is 0 Å². The molecule has 0 aliphatic heterocycles. The minimum absolute atomic E-state index is 0.00842. The van der Waals surface area contributed by atoms with Gasteiger partial charge in [-0.1, -0.05) is 18.9 Å². The second kappa shape index (κ2) is 6.53. The Balaban J connectivity index is 2.20. The highest BCUT2D eigenvalue weighted by Crippen LogP contribution is 2.30. The van der Waals surface area contributed by atoms with Crippen molar-refractivity contribution in [2.24, 2.45) is 11.8 Å². The summed E-state index contributed by atoms with van der Waals surface area (Å²) in [4.78, 5) is 22.9. The van der Waals surface area contributed by atoms with E-state index in [0.29, 0.717) is 5.92 Å². The van der Waals surface area contributed by atoms with Gasteiger partial charge < -0.3 is 10.7 Å². The number of hydrogen-bond donors (Lipinski definition) is 3. The number of rotatable bonds is 5. The van der Waals surface area contributed by atoms with Gasteiger partial charge in [-0.25, -0.2) is 0 Å². The van der Waals surface area contributed by atoms with Gasteiger partial charge in [-0.2, -0.15) is 0 Å². The monoisotopic (exact) mass is 292 g/mol. The Hall–Kier alpha value is -2.15. The van der Waals surface area contributed by atoms with Crippen molar-refractivity contribution in [1.29, 1.82) is 0 Å². The molecule has 1 atom stereocenters. The molecule has 0 bridgehead atoms. The number of hydrazine groups is 1.